The average Bonchev–Trinajstić information content (AvgIpc) is 2.65. The minimum atomic E-state index is -5.22. The van der Waals surface area contributed by atoms with E-state index < -0.39 is 52.1 Å². The van der Waals surface area contributed by atoms with Crippen molar-refractivity contribution in [3.63, 3.8) is 0 Å². The number of benzene rings is 3. The zero-order chi connectivity index (χ0) is 23.1. The van der Waals surface area contributed by atoms with Gasteiger partial charge in [0.15, 0.2) is 0 Å². The molecule has 0 radical (unpaired) electrons. The van der Waals surface area contributed by atoms with E-state index in [0.29, 0.717) is 12.1 Å². The van der Waals surface area contributed by atoms with Crippen LogP contribution in [0.15, 0.2) is 62.5 Å². The number of hydrogen-bond donors (Lipinski definition) is 2. The summed E-state index contributed by atoms with van der Waals surface area (Å²) < 4.78 is 66.9. The summed E-state index contributed by atoms with van der Waals surface area (Å²) in [6.07, 6.45) is 0. The van der Waals surface area contributed by atoms with Gasteiger partial charge in [0.2, 0.25) is 0 Å². The number of azo groups is 1. The van der Waals surface area contributed by atoms with Crippen molar-refractivity contribution < 1.29 is 95.1 Å². The van der Waals surface area contributed by atoms with Crippen molar-refractivity contribution in [3.8, 4) is 5.75 Å². The summed E-state index contributed by atoms with van der Waals surface area (Å²) in [7, 11) is -10.0. The second kappa shape index (κ2) is 10.7. The average molecular weight is 512 g/mol. The van der Waals surface area contributed by atoms with Gasteiger partial charge in [0.25, 0.3) is 15.8 Å². The van der Waals surface area contributed by atoms with Crippen LogP contribution in [0.3, 0.4) is 0 Å². The molecule has 0 bridgehead atoms. The van der Waals surface area contributed by atoms with Crippen molar-refractivity contribution in [2.24, 2.45) is 10.2 Å². The zero-order valence-corrected chi connectivity index (χ0v) is 22.6. The van der Waals surface area contributed by atoms with Gasteiger partial charge in [0.1, 0.15) is 15.8 Å². The van der Waals surface area contributed by atoms with Crippen LogP contribution in [0, 0.1) is 10.1 Å². The SMILES string of the molecule is Nc1c(N=Nc2ccc([N+](=O)[O-])cc2)c(S(=O)(=O)[O-])cc2cc(S(=O)(=O)O)cc([O-])c12.[Na+].[Na+]. The molecule has 0 amide bonds. The van der Waals surface area contributed by atoms with Gasteiger partial charge in [-0.05, 0) is 41.1 Å². The summed E-state index contributed by atoms with van der Waals surface area (Å²) >= 11 is 0. The largest absolute Gasteiger partial charge is 1.00 e. The number of nitro groups is 1. The Kier molecular flexibility index (Phi) is 9.55. The molecule has 17 heteroatoms. The summed E-state index contributed by atoms with van der Waals surface area (Å²) in [6.45, 7) is 0. The van der Waals surface area contributed by atoms with Crippen LogP contribution in [-0.4, -0.2) is 30.9 Å². The number of rotatable bonds is 5. The van der Waals surface area contributed by atoms with Crippen molar-refractivity contribution in [1.82, 2.24) is 0 Å². The van der Waals surface area contributed by atoms with Gasteiger partial charge >= 0.3 is 59.1 Å². The Balaban J connectivity index is 0.00000272. The van der Waals surface area contributed by atoms with E-state index in [-0.39, 0.29) is 81.3 Å². The van der Waals surface area contributed by atoms with E-state index in [1.54, 1.807) is 0 Å². The number of non-ortho nitro benzene ring substituents is 1. The van der Waals surface area contributed by atoms with Gasteiger partial charge in [0, 0.05) is 12.1 Å². The molecule has 162 valence electrons. The first-order valence-corrected chi connectivity index (χ1v) is 10.8. The van der Waals surface area contributed by atoms with Crippen molar-refractivity contribution in [1.29, 1.82) is 0 Å². The molecule has 0 aliphatic carbocycles. The predicted molar refractivity (Wildman–Crippen MR) is 103 cm³/mol. The van der Waals surface area contributed by atoms with Gasteiger partial charge in [0.05, 0.1) is 26.1 Å². The third kappa shape index (κ3) is 6.48. The Morgan fingerprint density at radius 1 is 0.970 bits per heavy atom. The molecule has 33 heavy (non-hydrogen) atoms. The Bertz CT molecular complexity index is 1480. The molecular formula is C16H10N4Na2O9S2. The summed E-state index contributed by atoms with van der Waals surface area (Å²) in [6, 6.07) is 6.63. The van der Waals surface area contributed by atoms with Crippen LogP contribution in [0.5, 0.6) is 5.75 Å². The monoisotopic (exact) mass is 512 g/mol. The number of anilines is 1. The van der Waals surface area contributed by atoms with Gasteiger partial charge < -0.3 is 15.4 Å². The summed E-state index contributed by atoms with van der Waals surface area (Å²) in [5.74, 6) is -0.982. The number of nitro benzene ring substituents is 1. The van der Waals surface area contributed by atoms with Crippen LogP contribution < -0.4 is 70.0 Å². The third-order valence-corrected chi connectivity index (χ3v) is 5.73. The fourth-order valence-corrected chi connectivity index (χ4v) is 3.86. The van der Waals surface area contributed by atoms with Gasteiger partial charge in [-0.3, -0.25) is 14.7 Å². The Labute approximate surface area is 230 Å². The third-order valence-electron chi connectivity index (χ3n) is 4.04. The first-order chi connectivity index (χ1) is 14.3. The van der Waals surface area contributed by atoms with Crippen LogP contribution in [-0.2, 0) is 20.2 Å². The molecule has 0 aliphatic rings. The van der Waals surface area contributed by atoms with Crippen molar-refractivity contribution in [2.45, 2.75) is 9.79 Å². The number of nitrogens with two attached hydrogens (primary N) is 1. The maximum absolute atomic E-state index is 12.3. The summed E-state index contributed by atoms with van der Waals surface area (Å²) in [4.78, 5) is 8.22. The van der Waals surface area contributed by atoms with E-state index in [1.807, 2.05) is 0 Å². The van der Waals surface area contributed by atoms with Gasteiger partial charge in [-0.1, -0.05) is 5.75 Å². The number of fused-ring (bicyclic) bond motifs is 1. The van der Waals surface area contributed by atoms with Gasteiger partial charge in [-0.2, -0.15) is 13.5 Å². The molecule has 0 heterocycles. The Morgan fingerprint density at radius 3 is 2.03 bits per heavy atom. The fraction of sp³-hybridized carbons (Fsp3) is 0. The molecule has 0 unspecified atom stereocenters. The minimum absolute atomic E-state index is 0. The smallest absolute Gasteiger partial charge is 0.872 e. The van der Waals surface area contributed by atoms with E-state index in [1.165, 1.54) is 12.1 Å². The molecule has 0 saturated heterocycles. The predicted octanol–water partition coefficient (Wildman–Crippen LogP) is -4.02. The van der Waals surface area contributed by atoms with Crippen molar-refractivity contribution in [2.75, 3.05) is 5.73 Å². The molecular weight excluding hydrogens is 502 g/mol. The van der Waals surface area contributed by atoms with Crippen LogP contribution in [0.4, 0.5) is 22.7 Å². The molecule has 0 aliphatic heterocycles. The quantitative estimate of drug-likeness (QED) is 0.0840. The summed E-state index contributed by atoms with van der Waals surface area (Å²) in [5, 5.41) is 29.6. The number of nitrogen functional groups attached to an aromatic ring is 1. The van der Waals surface area contributed by atoms with Crippen LogP contribution in [0.1, 0.15) is 0 Å². The van der Waals surface area contributed by atoms with Gasteiger partial charge in [-0.15, -0.1) is 5.11 Å². The topological polar surface area (TPSA) is 229 Å². The fourth-order valence-electron chi connectivity index (χ4n) is 2.66. The molecule has 0 spiro atoms. The van der Waals surface area contributed by atoms with Crippen molar-refractivity contribution >= 4 is 53.8 Å². The van der Waals surface area contributed by atoms with E-state index in [9.17, 15) is 36.6 Å². The van der Waals surface area contributed by atoms with Gasteiger partial charge in [-0.25, -0.2) is 8.42 Å². The van der Waals surface area contributed by atoms with Crippen LogP contribution >= 0.6 is 0 Å². The molecule has 13 nitrogen and oxygen atoms in total. The Morgan fingerprint density at radius 2 is 1.55 bits per heavy atom. The second-order valence-electron chi connectivity index (χ2n) is 6.06. The van der Waals surface area contributed by atoms with E-state index in [0.717, 1.165) is 18.2 Å². The van der Waals surface area contributed by atoms with E-state index >= 15 is 0 Å². The van der Waals surface area contributed by atoms with Crippen LogP contribution in [0.25, 0.3) is 10.8 Å². The molecule has 3 aromatic rings. The normalized spacial score (nSPS) is 11.7. The standard InChI is InChI=1S/C16H12N4O9S2.2Na/c17-15-14-8(5-11(7-12(14)21)30(24,25)26)6-13(31(27,28)29)16(15)19-18-9-1-3-10(4-2-9)20(22)23;;/h1-7,21H,17H2,(H,24,25,26)(H,27,28,29);;/q;2*+1/p-2. The van der Waals surface area contributed by atoms with Crippen LogP contribution in [0.2, 0.25) is 0 Å². The number of nitrogens with zero attached hydrogens (tertiary/aromatic N) is 3. The molecule has 0 saturated carbocycles. The minimum Gasteiger partial charge on any atom is -0.872 e. The van der Waals surface area contributed by atoms with E-state index in [4.69, 9.17) is 10.3 Å². The summed E-state index contributed by atoms with van der Waals surface area (Å²) in [5.41, 5.74) is 4.42. The second-order valence-corrected chi connectivity index (χ2v) is 8.83. The molecule has 0 fully saturated rings. The molecule has 3 N–H and O–H groups in total. The molecule has 0 aromatic heterocycles. The maximum atomic E-state index is 12.3. The molecule has 0 atom stereocenters. The van der Waals surface area contributed by atoms with E-state index in [2.05, 4.69) is 10.2 Å². The first kappa shape index (κ1) is 29.4. The zero-order valence-electron chi connectivity index (χ0n) is 17.0. The van der Waals surface area contributed by atoms with Crippen molar-refractivity contribution in [3.05, 3.63) is 52.6 Å². The molecule has 3 rings (SSSR count). The maximum Gasteiger partial charge on any atom is 1.00 e. The molecule has 3 aromatic carbocycles. The number of hydrogen-bond acceptors (Lipinski definition) is 11. The first-order valence-electron chi connectivity index (χ1n) is 7.96. The Hall–Kier alpha value is -1.66.